The van der Waals surface area contributed by atoms with Crippen LogP contribution in [-0.4, -0.2) is 5.97 Å². The zero-order valence-corrected chi connectivity index (χ0v) is 14.7. The highest BCUT2D eigenvalue weighted by atomic mass is 32.1. The third-order valence-electron chi connectivity index (χ3n) is 3.77. The van der Waals surface area contributed by atoms with Gasteiger partial charge in [0.1, 0.15) is 10.6 Å². The lowest BCUT2D eigenvalue weighted by Gasteiger charge is -2.05. The molecule has 0 bridgehead atoms. The Balaban J connectivity index is 1.69. The van der Waals surface area contributed by atoms with Crippen LogP contribution in [0.1, 0.15) is 33.5 Å². The van der Waals surface area contributed by atoms with Gasteiger partial charge in [-0.1, -0.05) is 37.6 Å². The molecule has 25 heavy (non-hydrogen) atoms. The van der Waals surface area contributed by atoms with E-state index in [-0.39, 0.29) is 5.97 Å². The largest absolute Gasteiger partial charge is 0.422 e. The van der Waals surface area contributed by atoms with Gasteiger partial charge in [0.05, 0.1) is 11.6 Å². The van der Waals surface area contributed by atoms with E-state index in [2.05, 4.69) is 13.0 Å². The Morgan fingerprint density at radius 1 is 1.00 bits per heavy atom. The van der Waals surface area contributed by atoms with Crippen LogP contribution in [0.15, 0.2) is 60.7 Å². The Hall–Kier alpha value is -2.90. The molecule has 4 heteroatoms. The van der Waals surface area contributed by atoms with Crippen molar-refractivity contribution in [3.05, 3.63) is 76.0 Å². The molecule has 3 aromatic rings. The molecular formula is C21H17NO2S. The van der Waals surface area contributed by atoms with Crippen LogP contribution in [0.4, 0.5) is 0 Å². The Kier molecular flexibility index (Phi) is 5.27. The summed E-state index contributed by atoms with van der Waals surface area (Å²) in [6, 6.07) is 20.7. The summed E-state index contributed by atoms with van der Waals surface area (Å²) < 4.78 is 5.45. The summed E-state index contributed by atoms with van der Waals surface area (Å²) in [6.45, 7) is 2.12. The molecule has 0 saturated heterocycles. The smallest absolute Gasteiger partial charge is 0.353 e. The third kappa shape index (κ3) is 4.14. The van der Waals surface area contributed by atoms with E-state index < -0.39 is 0 Å². The average molecular weight is 347 g/mol. The van der Waals surface area contributed by atoms with Crippen LogP contribution >= 0.6 is 11.3 Å². The molecule has 0 aliphatic rings. The predicted octanol–water partition coefficient (Wildman–Crippen LogP) is 5.46. The van der Waals surface area contributed by atoms with Gasteiger partial charge < -0.3 is 4.74 Å². The van der Waals surface area contributed by atoms with Crippen LogP contribution in [-0.2, 0) is 6.42 Å². The number of hydrogen-bond acceptors (Lipinski definition) is 4. The molecule has 3 rings (SSSR count). The summed E-state index contributed by atoms with van der Waals surface area (Å²) in [5, 5.41) is 8.85. The lowest BCUT2D eigenvalue weighted by molar-refractivity contribution is 0.0740. The van der Waals surface area contributed by atoms with E-state index in [4.69, 9.17) is 10.00 Å². The lowest BCUT2D eigenvalue weighted by Crippen LogP contribution is -2.06. The van der Waals surface area contributed by atoms with Crippen LogP contribution in [0.2, 0.25) is 0 Å². The second kappa shape index (κ2) is 7.78. The molecule has 0 unspecified atom stereocenters. The number of aryl methyl sites for hydroxylation is 1. The molecule has 0 atom stereocenters. The molecule has 0 aliphatic carbocycles. The Labute approximate surface area is 151 Å². The Morgan fingerprint density at radius 3 is 2.24 bits per heavy atom. The van der Waals surface area contributed by atoms with E-state index in [1.54, 1.807) is 24.3 Å². The molecule has 1 heterocycles. The van der Waals surface area contributed by atoms with Crippen molar-refractivity contribution in [3.63, 3.8) is 0 Å². The Morgan fingerprint density at radius 2 is 1.64 bits per heavy atom. The van der Waals surface area contributed by atoms with E-state index in [0.717, 1.165) is 24.0 Å². The van der Waals surface area contributed by atoms with E-state index in [0.29, 0.717) is 16.2 Å². The number of nitrogens with zero attached hydrogens (tertiary/aromatic N) is 1. The summed E-state index contributed by atoms with van der Waals surface area (Å²) in [7, 11) is 0. The number of ether oxygens (including phenoxy) is 1. The fourth-order valence-corrected chi connectivity index (χ4v) is 3.46. The second-order valence-electron chi connectivity index (χ2n) is 5.62. The van der Waals surface area contributed by atoms with Crippen molar-refractivity contribution >= 4 is 17.3 Å². The van der Waals surface area contributed by atoms with Gasteiger partial charge in [0.2, 0.25) is 0 Å². The fraction of sp³-hybridized carbons (Fsp3) is 0.143. The van der Waals surface area contributed by atoms with Gasteiger partial charge in [0, 0.05) is 4.88 Å². The summed E-state index contributed by atoms with van der Waals surface area (Å²) in [5.41, 5.74) is 2.65. The molecular weight excluding hydrogens is 330 g/mol. The maximum absolute atomic E-state index is 12.2. The van der Waals surface area contributed by atoms with Gasteiger partial charge in [-0.05, 0) is 53.9 Å². The van der Waals surface area contributed by atoms with Crippen LogP contribution in [0.5, 0.6) is 5.75 Å². The number of thiophene rings is 1. The third-order valence-corrected chi connectivity index (χ3v) is 4.90. The maximum atomic E-state index is 12.2. The van der Waals surface area contributed by atoms with Crippen molar-refractivity contribution in [3.8, 4) is 22.9 Å². The van der Waals surface area contributed by atoms with Gasteiger partial charge >= 0.3 is 5.97 Å². The standard InChI is InChI=1S/C21H17NO2S/c1-2-3-19-12-13-20(25-19)21(23)24-18-10-8-17(9-11-18)16-6-4-15(14-22)5-7-16/h4-13H,2-3H2,1H3. The van der Waals surface area contributed by atoms with Crippen molar-refractivity contribution in [2.24, 2.45) is 0 Å². The molecule has 0 saturated carbocycles. The molecule has 0 radical (unpaired) electrons. The number of benzene rings is 2. The predicted molar refractivity (Wildman–Crippen MR) is 99.9 cm³/mol. The van der Waals surface area contributed by atoms with E-state index >= 15 is 0 Å². The van der Waals surface area contributed by atoms with Crippen LogP contribution in [0.3, 0.4) is 0 Å². The number of carbonyl (C=O) groups is 1. The van der Waals surface area contributed by atoms with Gasteiger partial charge in [-0.2, -0.15) is 5.26 Å². The summed E-state index contributed by atoms with van der Waals surface area (Å²) >= 11 is 1.49. The monoisotopic (exact) mass is 347 g/mol. The fourth-order valence-electron chi connectivity index (χ4n) is 2.48. The highest BCUT2D eigenvalue weighted by Crippen LogP contribution is 2.24. The molecule has 0 amide bonds. The SMILES string of the molecule is CCCc1ccc(C(=O)Oc2ccc(-c3ccc(C#N)cc3)cc2)s1. The lowest BCUT2D eigenvalue weighted by atomic mass is 10.0. The quantitative estimate of drug-likeness (QED) is 0.455. The van der Waals surface area contributed by atoms with Gasteiger partial charge in [-0.3, -0.25) is 0 Å². The van der Waals surface area contributed by atoms with Gasteiger partial charge in [0.25, 0.3) is 0 Å². The van der Waals surface area contributed by atoms with Gasteiger partial charge in [0.15, 0.2) is 0 Å². The van der Waals surface area contributed by atoms with Crippen molar-refractivity contribution in [2.75, 3.05) is 0 Å². The minimum absolute atomic E-state index is 0.321. The highest BCUT2D eigenvalue weighted by Gasteiger charge is 2.12. The van der Waals surface area contributed by atoms with Crippen molar-refractivity contribution < 1.29 is 9.53 Å². The number of nitriles is 1. The van der Waals surface area contributed by atoms with Gasteiger partial charge in [-0.25, -0.2) is 4.79 Å². The molecule has 0 N–H and O–H groups in total. The normalized spacial score (nSPS) is 10.2. The highest BCUT2D eigenvalue weighted by molar-refractivity contribution is 7.13. The molecule has 124 valence electrons. The molecule has 0 aliphatic heterocycles. The Bertz CT molecular complexity index is 902. The molecule has 0 spiro atoms. The van der Waals surface area contributed by atoms with E-state index in [1.165, 1.54) is 16.2 Å². The first-order valence-corrected chi connectivity index (χ1v) is 8.92. The van der Waals surface area contributed by atoms with E-state index in [9.17, 15) is 4.79 Å². The van der Waals surface area contributed by atoms with Crippen LogP contribution in [0.25, 0.3) is 11.1 Å². The van der Waals surface area contributed by atoms with Crippen LogP contribution < -0.4 is 4.74 Å². The topological polar surface area (TPSA) is 50.1 Å². The zero-order chi connectivity index (χ0) is 17.6. The van der Waals surface area contributed by atoms with Crippen molar-refractivity contribution in [1.29, 1.82) is 5.26 Å². The first-order valence-electron chi connectivity index (χ1n) is 8.11. The average Bonchev–Trinajstić information content (AvgIpc) is 3.12. The number of carbonyl (C=O) groups excluding carboxylic acids is 1. The zero-order valence-electron chi connectivity index (χ0n) is 13.9. The van der Waals surface area contributed by atoms with Crippen molar-refractivity contribution in [2.45, 2.75) is 19.8 Å². The first-order chi connectivity index (χ1) is 12.2. The minimum atomic E-state index is -0.321. The second-order valence-corrected chi connectivity index (χ2v) is 6.79. The van der Waals surface area contributed by atoms with E-state index in [1.807, 2.05) is 36.4 Å². The summed E-state index contributed by atoms with van der Waals surface area (Å²) in [6.07, 6.45) is 2.04. The number of hydrogen-bond donors (Lipinski definition) is 0. The molecule has 0 fully saturated rings. The molecule has 2 aromatic carbocycles. The number of esters is 1. The number of rotatable bonds is 5. The van der Waals surface area contributed by atoms with Crippen molar-refractivity contribution in [1.82, 2.24) is 0 Å². The summed E-state index contributed by atoms with van der Waals surface area (Å²) in [5.74, 6) is 0.200. The molecule has 3 nitrogen and oxygen atoms in total. The minimum Gasteiger partial charge on any atom is -0.422 e. The molecule has 1 aromatic heterocycles. The van der Waals surface area contributed by atoms with Crippen LogP contribution in [0, 0.1) is 11.3 Å². The van der Waals surface area contributed by atoms with Gasteiger partial charge in [-0.15, -0.1) is 11.3 Å². The summed E-state index contributed by atoms with van der Waals surface area (Å²) in [4.78, 5) is 14.0. The first kappa shape index (κ1) is 16.9. The maximum Gasteiger partial charge on any atom is 0.353 e.